The smallest absolute Gasteiger partial charge is 0.287 e. The van der Waals surface area contributed by atoms with E-state index in [1.807, 2.05) is 36.4 Å². The van der Waals surface area contributed by atoms with Crippen LogP contribution in [0.2, 0.25) is 0 Å². The molecule has 1 aliphatic heterocycles. The number of rotatable bonds is 8. The van der Waals surface area contributed by atoms with Gasteiger partial charge in [-0.1, -0.05) is 30.3 Å². The molecule has 0 aliphatic carbocycles. The number of morpholine rings is 1. The summed E-state index contributed by atoms with van der Waals surface area (Å²) in [6.45, 7) is 3.26. The Bertz CT molecular complexity index is 1270. The van der Waals surface area contributed by atoms with Gasteiger partial charge in [-0.2, -0.15) is 10.1 Å². The maximum atomic E-state index is 12.5. The van der Waals surface area contributed by atoms with Gasteiger partial charge in [-0.3, -0.25) is 9.89 Å². The molecular weight excluding hydrogens is 438 g/mol. The van der Waals surface area contributed by atoms with E-state index in [-0.39, 0.29) is 11.7 Å². The molecular formula is C23H25N7O4. The number of methoxy groups -OCH3 is 1. The molecule has 0 bridgehead atoms. The van der Waals surface area contributed by atoms with Gasteiger partial charge in [0.15, 0.2) is 23.0 Å². The highest BCUT2D eigenvalue weighted by Gasteiger charge is 2.23. The first-order valence-electron chi connectivity index (χ1n) is 11.0. The molecule has 1 saturated heterocycles. The summed E-state index contributed by atoms with van der Waals surface area (Å²) in [7, 11) is 1.58. The topological polar surface area (TPSA) is 130 Å². The van der Waals surface area contributed by atoms with Gasteiger partial charge < -0.3 is 29.4 Å². The van der Waals surface area contributed by atoms with Crippen LogP contribution in [0.15, 0.2) is 46.9 Å². The number of ether oxygens (including phenoxy) is 2. The van der Waals surface area contributed by atoms with Gasteiger partial charge in [-0.05, 0) is 5.56 Å². The lowest BCUT2D eigenvalue weighted by Gasteiger charge is -2.27. The molecule has 4 aromatic rings. The first-order valence-corrected chi connectivity index (χ1v) is 11.0. The number of amides is 1. The number of carbonyl (C=O) groups is 1. The summed E-state index contributed by atoms with van der Waals surface area (Å²) in [4.78, 5) is 23.9. The highest BCUT2D eigenvalue weighted by molar-refractivity contribution is 5.97. The van der Waals surface area contributed by atoms with E-state index in [9.17, 15) is 4.79 Å². The number of hydrogen-bond donors (Lipinski definition) is 3. The van der Waals surface area contributed by atoms with Crippen LogP contribution in [0, 0.1) is 0 Å². The van der Waals surface area contributed by atoms with E-state index >= 15 is 0 Å². The summed E-state index contributed by atoms with van der Waals surface area (Å²) in [5, 5.41) is 13.3. The van der Waals surface area contributed by atoms with Crippen LogP contribution in [0.25, 0.3) is 22.4 Å². The lowest BCUT2D eigenvalue weighted by molar-refractivity contribution is 0.0911. The maximum absolute atomic E-state index is 12.5. The summed E-state index contributed by atoms with van der Waals surface area (Å²) in [6.07, 6.45) is 0. The van der Waals surface area contributed by atoms with Crippen molar-refractivity contribution in [1.29, 1.82) is 0 Å². The highest BCUT2D eigenvalue weighted by atomic mass is 16.5. The van der Waals surface area contributed by atoms with E-state index in [0.717, 1.165) is 11.3 Å². The van der Waals surface area contributed by atoms with Gasteiger partial charge in [0, 0.05) is 38.9 Å². The molecule has 5 rings (SSSR count). The Balaban J connectivity index is 1.45. The van der Waals surface area contributed by atoms with Gasteiger partial charge >= 0.3 is 0 Å². The normalized spacial score (nSPS) is 13.9. The molecule has 1 aromatic carbocycles. The number of aromatic nitrogens is 4. The van der Waals surface area contributed by atoms with Crippen molar-refractivity contribution in [3.05, 3.63) is 48.2 Å². The molecule has 34 heavy (non-hydrogen) atoms. The molecule has 0 saturated carbocycles. The van der Waals surface area contributed by atoms with Gasteiger partial charge in [0.2, 0.25) is 5.95 Å². The van der Waals surface area contributed by atoms with E-state index in [4.69, 9.17) is 18.9 Å². The van der Waals surface area contributed by atoms with Crippen molar-refractivity contribution < 1.29 is 18.7 Å². The van der Waals surface area contributed by atoms with E-state index in [1.165, 1.54) is 0 Å². The minimum absolute atomic E-state index is 0.165. The van der Waals surface area contributed by atoms with Crippen LogP contribution in [0.1, 0.15) is 10.6 Å². The summed E-state index contributed by atoms with van der Waals surface area (Å²) >= 11 is 0. The molecule has 4 heterocycles. The fourth-order valence-electron chi connectivity index (χ4n) is 3.69. The lowest BCUT2D eigenvalue weighted by atomic mass is 10.2. The van der Waals surface area contributed by atoms with Crippen LogP contribution in [0.4, 0.5) is 17.6 Å². The Morgan fingerprint density at radius 1 is 1.18 bits per heavy atom. The number of carbonyl (C=O) groups excluding carboxylic acids is 1. The Hall–Kier alpha value is -3.96. The quantitative estimate of drug-likeness (QED) is 0.337. The van der Waals surface area contributed by atoms with Crippen LogP contribution in [-0.2, 0) is 9.47 Å². The van der Waals surface area contributed by atoms with Crippen molar-refractivity contribution in [2.45, 2.75) is 0 Å². The SMILES string of the molecule is COCCNC(=O)c1cc2nc(Nc3cc(-c4ccccc4)[nH]n3)nc(N3CCOCC3)c2o1. The average molecular weight is 463 g/mol. The van der Waals surface area contributed by atoms with Gasteiger partial charge in [0.25, 0.3) is 5.91 Å². The zero-order valence-corrected chi connectivity index (χ0v) is 18.7. The van der Waals surface area contributed by atoms with Crippen molar-refractivity contribution in [2.75, 3.05) is 56.8 Å². The van der Waals surface area contributed by atoms with Gasteiger partial charge in [0.1, 0.15) is 5.52 Å². The summed E-state index contributed by atoms with van der Waals surface area (Å²) < 4.78 is 16.4. The number of anilines is 3. The molecule has 1 amide bonds. The van der Waals surface area contributed by atoms with Crippen molar-refractivity contribution >= 4 is 34.6 Å². The number of aromatic amines is 1. The van der Waals surface area contributed by atoms with E-state index in [1.54, 1.807) is 13.2 Å². The number of H-pyrrole nitrogens is 1. The second-order valence-electron chi connectivity index (χ2n) is 7.70. The zero-order chi connectivity index (χ0) is 23.3. The molecule has 11 heteroatoms. The zero-order valence-electron chi connectivity index (χ0n) is 18.7. The largest absolute Gasteiger partial charge is 0.445 e. The van der Waals surface area contributed by atoms with Crippen molar-refractivity contribution in [3.63, 3.8) is 0 Å². The number of nitrogens with one attached hydrogen (secondary N) is 3. The molecule has 0 radical (unpaired) electrons. The van der Waals surface area contributed by atoms with Crippen LogP contribution < -0.4 is 15.5 Å². The molecule has 11 nitrogen and oxygen atoms in total. The molecule has 0 spiro atoms. The van der Waals surface area contributed by atoms with Gasteiger partial charge in [-0.25, -0.2) is 4.98 Å². The van der Waals surface area contributed by atoms with E-state index < -0.39 is 0 Å². The first-order chi connectivity index (χ1) is 16.7. The Labute approximate surface area is 195 Å². The Kier molecular flexibility index (Phi) is 6.36. The molecule has 1 aliphatic rings. The molecule has 0 unspecified atom stereocenters. The van der Waals surface area contributed by atoms with Gasteiger partial charge in [-0.15, -0.1) is 0 Å². The van der Waals surface area contributed by atoms with Crippen LogP contribution in [0.3, 0.4) is 0 Å². The standard InChI is InChI=1S/C23H25N7O4/c1-32-10-7-24-22(31)18-13-17-20(34-18)21(30-8-11-33-12-9-30)27-23(25-17)26-19-14-16(28-29-19)15-5-3-2-4-6-15/h2-6,13-14H,7-12H2,1H3,(H,24,31)(H2,25,26,27,28,29). The predicted molar refractivity (Wildman–Crippen MR) is 126 cm³/mol. The maximum Gasteiger partial charge on any atom is 0.287 e. The Morgan fingerprint density at radius 2 is 2.00 bits per heavy atom. The van der Waals surface area contributed by atoms with Crippen molar-refractivity contribution in [1.82, 2.24) is 25.5 Å². The molecule has 1 fully saturated rings. The summed E-state index contributed by atoms with van der Waals surface area (Å²) in [6, 6.07) is 13.4. The predicted octanol–water partition coefficient (Wildman–Crippen LogP) is 2.57. The van der Waals surface area contributed by atoms with Gasteiger partial charge in [0.05, 0.1) is 25.5 Å². The monoisotopic (exact) mass is 463 g/mol. The van der Waals surface area contributed by atoms with Crippen LogP contribution in [0.5, 0.6) is 0 Å². The minimum atomic E-state index is -0.336. The fourth-order valence-corrected chi connectivity index (χ4v) is 3.69. The number of fused-ring (bicyclic) bond motifs is 1. The summed E-state index contributed by atoms with van der Waals surface area (Å²) in [5.74, 6) is 1.36. The van der Waals surface area contributed by atoms with Crippen LogP contribution >= 0.6 is 0 Å². The number of hydrogen-bond acceptors (Lipinski definition) is 9. The minimum Gasteiger partial charge on any atom is -0.445 e. The lowest BCUT2D eigenvalue weighted by Crippen LogP contribution is -2.37. The van der Waals surface area contributed by atoms with E-state index in [0.29, 0.717) is 68.1 Å². The highest BCUT2D eigenvalue weighted by Crippen LogP contribution is 2.30. The van der Waals surface area contributed by atoms with E-state index in [2.05, 4.69) is 30.7 Å². The number of nitrogens with zero attached hydrogens (tertiary/aromatic N) is 4. The fraction of sp³-hybridized carbons (Fsp3) is 0.304. The Morgan fingerprint density at radius 3 is 2.79 bits per heavy atom. The molecule has 3 N–H and O–H groups in total. The molecule has 3 aromatic heterocycles. The third-order valence-corrected chi connectivity index (χ3v) is 5.38. The third kappa shape index (κ3) is 4.70. The van der Waals surface area contributed by atoms with Crippen molar-refractivity contribution in [2.24, 2.45) is 0 Å². The number of benzene rings is 1. The second kappa shape index (κ2) is 9.89. The second-order valence-corrected chi connectivity index (χ2v) is 7.70. The third-order valence-electron chi connectivity index (χ3n) is 5.38. The first kappa shape index (κ1) is 21.9. The average Bonchev–Trinajstić information content (AvgIpc) is 3.52. The van der Waals surface area contributed by atoms with Crippen LogP contribution in [-0.4, -0.2) is 72.6 Å². The van der Waals surface area contributed by atoms with Crippen molar-refractivity contribution in [3.8, 4) is 11.3 Å². The molecule has 0 atom stereocenters. The summed E-state index contributed by atoms with van der Waals surface area (Å²) in [5.41, 5.74) is 2.87. The number of furan rings is 1. The molecule has 176 valence electrons.